The number of anilines is 2. The average molecular weight is 268 g/mol. The third-order valence-corrected chi connectivity index (χ3v) is 3.09. The molecule has 0 saturated carbocycles. The second-order valence-electron chi connectivity index (χ2n) is 4.59. The van der Waals surface area contributed by atoms with Crippen molar-refractivity contribution in [3.8, 4) is 0 Å². The summed E-state index contributed by atoms with van der Waals surface area (Å²) >= 11 is 0. The van der Waals surface area contributed by atoms with Crippen LogP contribution in [0.15, 0.2) is 36.7 Å². The van der Waals surface area contributed by atoms with E-state index in [1.807, 2.05) is 17.6 Å². The smallest absolute Gasteiger partial charge is 0.228 e. The van der Waals surface area contributed by atoms with Crippen LogP contribution < -0.4 is 10.6 Å². The molecule has 0 spiro atoms. The summed E-state index contributed by atoms with van der Waals surface area (Å²) < 4.78 is 1.87. The number of benzene rings is 1. The van der Waals surface area contributed by atoms with E-state index >= 15 is 0 Å². The molecule has 0 aliphatic heterocycles. The maximum Gasteiger partial charge on any atom is 0.228 e. The van der Waals surface area contributed by atoms with Crippen LogP contribution in [0.4, 0.5) is 11.8 Å². The van der Waals surface area contributed by atoms with Crippen molar-refractivity contribution in [2.75, 3.05) is 17.7 Å². The van der Waals surface area contributed by atoms with Crippen LogP contribution in [-0.4, -0.2) is 26.6 Å². The standard InChI is InChI=1S/C14H16N6/c1-10-4-3-5-11(8-10)9-17-12-13-18-19-14(15-2)20(13)7-6-16-12/h3-8H,9H2,1-2H3,(H,15,19)(H,16,17). The lowest BCUT2D eigenvalue weighted by molar-refractivity contribution is 1.07. The van der Waals surface area contributed by atoms with Gasteiger partial charge in [-0.15, -0.1) is 10.2 Å². The van der Waals surface area contributed by atoms with Crippen molar-refractivity contribution in [2.45, 2.75) is 13.5 Å². The Morgan fingerprint density at radius 3 is 2.95 bits per heavy atom. The zero-order chi connectivity index (χ0) is 13.9. The topological polar surface area (TPSA) is 67.1 Å². The summed E-state index contributed by atoms with van der Waals surface area (Å²) in [5.41, 5.74) is 3.17. The molecule has 0 bridgehead atoms. The predicted octanol–water partition coefficient (Wildman–Crippen LogP) is 2.09. The molecule has 3 rings (SSSR count). The van der Waals surface area contributed by atoms with Gasteiger partial charge in [-0.2, -0.15) is 0 Å². The lowest BCUT2D eigenvalue weighted by Crippen LogP contribution is -2.04. The maximum absolute atomic E-state index is 4.33. The molecule has 102 valence electrons. The van der Waals surface area contributed by atoms with E-state index in [-0.39, 0.29) is 0 Å². The fraction of sp³-hybridized carbons (Fsp3) is 0.214. The van der Waals surface area contributed by atoms with Crippen LogP contribution in [0.2, 0.25) is 0 Å². The van der Waals surface area contributed by atoms with Crippen molar-refractivity contribution in [1.82, 2.24) is 19.6 Å². The monoisotopic (exact) mass is 268 g/mol. The summed E-state index contributed by atoms with van der Waals surface area (Å²) in [6.45, 7) is 2.79. The van der Waals surface area contributed by atoms with Gasteiger partial charge in [-0.25, -0.2) is 4.98 Å². The van der Waals surface area contributed by atoms with Crippen molar-refractivity contribution in [3.05, 3.63) is 47.8 Å². The molecule has 6 nitrogen and oxygen atoms in total. The van der Waals surface area contributed by atoms with Gasteiger partial charge >= 0.3 is 0 Å². The van der Waals surface area contributed by atoms with Crippen molar-refractivity contribution in [3.63, 3.8) is 0 Å². The first-order valence-corrected chi connectivity index (χ1v) is 6.45. The number of rotatable bonds is 4. The van der Waals surface area contributed by atoms with Gasteiger partial charge in [0.05, 0.1) is 0 Å². The lowest BCUT2D eigenvalue weighted by atomic mass is 10.1. The Balaban J connectivity index is 1.86. The number of nitrogens with zero attached hydrogens (tertiary/aromatic N) is 4. The Labute approximate surface area is 116 Å². The fourth-order valence-corrected chi connectivity index (χ4v) is 2.13. The number of aryl methyl sites for hydroxylation is 1. The Morgan fingerprint density at radius 1 is 1.25 bits per heavy atom. The Kier molecular flexibility index (Phi) is 3.20. The van der Waals surface area contributed by atoms with E-state index in [1.165, 1.54) is 11.1 Å². The molecule has 0 fully saturated rings. The highest BCUT2D eigenvalue weighted by Gasteiger charge is 2.08. The van der Waals surface area contributed by atoms with Crippen LogP contribution in [0.25, 0.3) is 5.65 Å². The molecule has 3 aromatic rings. The molecular formula is C14H16N6. The molecule has 0 aliphatic carbocycles. The SMILES string of the molecule is CNc1nnc2c(NCc3cccc(C)c3)nccn12. The van der Waals surface area contributed by atoms with Crippen molar-refractivity contribution in [1.29, 1.82) is 0 Å². The van der Waals surface area contributed by atoms with Crippen molar-refractivity contribution in [2.24, 2.45) is 0 Å². The number of aromatic nitrogens is 4. The molecular weight excluding hydrogens is 252 g/mol. The highest BCUT2D eigenvalue weighted by Crippen LogP contribution is 2.15. The highest BCUT2D eigenvalue weighted by atomic mass is 15.3. The zero-order valence-corrected chi connectivity index (χ0v) is 11.5. The largest absolute Gasteiger partial charge is 0.363 e. The van der Waals surface area contributed by atoms with Gasteiger partial charge in [-0.1, -0.05) is 29.8 Å². The van der Waals surface area contributed by atoms with Crippen LogP contribution in [0.1, 0.15) is 11.1 Å². The molecule has 2 aromatic heterocycles. The average Bonchev–Trinajstić information content (AvgIpc) is 2.89. The van der Waals surface area contributed by atoms with E-state index in [2.05, 4.69) is 57.0 Å². The zero-order valence-electron chi connectivity index (χ0n) is 11.5. The third kappa shape index (κ3) is 2.27. The summed E-state index contributed by atoms with van der Waals surface area (Å²) in [6, 6.07) is 8.37. The van der Waals surface area contributed by atoms with E-state index in [0.29, 0.717) is 18.1 Å². The van der Waals surface area contributed by atoms with Gasteiger partial charge in [0.15, 0.2) is 5.82 Å². The molecule has 0 radical (unpaired) electrons. The Bertz CT molecular complexity index is 733. The first kappa shape index (κ1) is 12.4. The number of fused-ring (bicyclic) bond motifs is 1. The molecule has 20 heavy (non-hydrogen) atoms. The molecule has 2 N–H and O–H groups in total. The minimum atomic E-state index is 0.695. The number of hydrogen-bond donors (Lipinski definition) is 2. The molecule has 2 heterocycles. The van der Waals surface area contributed by atoms with Gasteiger partial charge in [0.25, 0.3) is 0 Å². The molecule has 6 heteroatoms. The van der Waals surface area contributed by atoms with E-state index in [1.54, 1.807) is 6.20 Å². The minimum absolute atomic E-state index is 0.695. The van der Waals surface area contributed by atoms with Crippen LogP contribution in [0.3, 0.4) is 0 Å². The summed E-state index contributed by atoms with van der Waals surface area (Å²) in [7, 11) is 1.82. The van der Waals surface area contributed by atoms with E-state index < -0.39 is 0 Å². The first-order valence-electron chi connectivity index (χ1n) is 6.45. The lowest BCUT2D eigenvalue weighted by Gasteiger charge is -2.07. The van der Waals surface area contributed by atoms with Gasteiger partial charge in [-0.3, -0.25) is 4.40 Å². The summed E-state index contributed by atoms with van der Waals surface area (Å²) in [5.74, 6) is 1.42. The van der Waals surface area contributed by atoms with Crippen molar-refractivity contribution < 1.29 is 0 Å². The second-order valence-corrected chi connectivity index (χ2v) is 4.59. The molecule has 1 aromatic carbocycles. The van der Waals surface area contributed by atoms with E-state index in [4.69, 9.17) is 0 Å². The molecule has 0 unspecified atom stereocenters. The summed E-state index contributed by atoms with van der Waals surface area (Å²) in [4.78, 5) is 4.33. The Hall–Kier alpha value is -2.63. The van der Waals surface area contributed by atoms with Gasteiger partial charge < -0.3 is 10.6 Å². The first-order chi connectivity index (χ1) is 9.78. The van der Waals surface area contributed by atoms with E-state index in [9.17, 15) is 0 Å². The summed E-state index contributed by atoms with van der Waals surface area (Å²) in [5, 5.41) is 14.5. The van der Waals surface area contributed by atoms with Crippen molar-refractivity contribution >= 4 is 17.4 Å². The fourth-order valence-electron chi connectivity index (χ4n) is 2.13. The molecule has 0 amide bonds. The van der Waals surface area contributed by atoms with Gasteiger partial charge in [0.2, 0.25) is 11.6 Å². The van der Waals surface area contributed by atoms with Gasteiger partial charge in [0, 0.05) is 26.0 Å². The maximum atomic E-state index is 4.33. The predicted molar refractivity (Wildman–Crippen MR) is 78.8 cm³/mol. The normalized spacial score (nSPS) is 10.7. The Morgan fingerprint density at radius 2 is 2.15 bits per heavy atom. The van der Waals surface area contributed by atoms with Crippen LogP contribution in [0.5, 0.6) is 0 Å². The van der Waals surface area contributed by atoms with Crippen LogP contribution >= 0.6 is 0 Å². The summed E-state index contributed by atoms with van der Waals surface area (Å²) in [6.07, 6.45) is 3.56. The number of hydrogen-bond acceptors (Lipinski definition) is 5. The highest BCUT2D eigenvalue weighted by molar-refractivity contribution is 5.64. The molecule has 0 saturated heterocycles. The second kappa shape index (κ2) is 5.16. The van der Waals surface area contributed by atoms with Crippen LogP contribution in [0, 0.1) is 6.92 Å². The molecule has 0 atom stereocenters. The number of nitrogens with one attached hydrogen (secondary N) is 2. The van der Waals surface area contributed by atoms with Crippen LogP contribution in [-0.2, 0) is 6.54 Å². The van der Waals surface area contributed by atoms with Gasteiger partial charge in [0.1, 0.15) is 0 Å². The van der Waals surface area contributed by atoms with Gasteiger partial charge in [-0.05, 0) is 12.5 Å². The quantitative estimate of drug-likeness (QED) is 0.758. The molecule has 0 aliphatic rings. The minimum Gasteiger partial charge on any atom is -0.363 e. The third-order valence-electron chi connectivity index (χ3n) is 3.09. The van der Waals surface area contributed by atoms with E-state index in [0.717, 1.165) is 5.82 Å².